The molecular weight excluding hydrogens is 483 g/mol. The van der Waals surface area contributed by atoms with Gasteiger partial charge in [0.1, 0.15) is 11.5 Å². The van der Waals surface area contributed by atoms with Crippen LogP contribution in [0.3, 0.4) is 0 Å². The summed E-state index contributed by atoms with van der Waals surface area (Å²) in [4.78, 5) is 14.8. The van der Waals surface area contributed by atoms with Crippen LogP contribution in [0.15, 0.2) is 103 Å². The maximum Gasteiger partial charge on any atom is 0.534 e. The van der Waals surface area contributed by atoms with E-state index in [1.807, 2.05) is 0 Å². The molecule has 0 bridgehead atoms. The summed E-state index contributed by atoms with van der Waals surface area (Å²) in [5.41, 5.74) is -4.50. The standard InChI is InChI=1S/C25H20F3NO5S/c26-25(27,28)35(31,32)34-21-16-22(18-10-4-1-5-11-18)29(23(17-21)19-12-6-2-7-13-19)24(30)33-20-14-8-3-9-15-20/h1-16,22-23H,17H2/t22-,23+/m0/s1. The van der Waals surface area contributed by atoms with Gasteiger partial charge >= 0.3 is 21.7 Å². The van der Waals surface area contributed by atoms with E-state index >= 15 is 0 Å². The third-order valence-corrected chi connectivity index (χ3v) is 6.36. The topological polar surface area (TPSA) is 72.9 Å². The number of benzene rings is 3. The molecule has 1 amide bonds. The van der Waals surface area contributed by atoms with E-state index < -0.39 is 39.6 Å². The highest BCUT2D eigenvalue weighted by Gasteiger charge is 2.50. The number of amides is 1. The van der Waals surface area contributed by atoms with Crippen LogP contribution < -0.4 is 4.74 Å². The summed E-state index contributed by atoms with van der Waals surface area (Å²) in [6, 6.07) is 23.5. The molecule has 0 aromatic heterocycles. The number of para-hydroxylation sites is 1. The van der Waals surface area contributed by atoms with Gasteiger partial charge in [-0.2, -0.15) is 21.6 Å². The molecule has 0 unspecified atom stereocenters. The van der Waals surface area contributed by atoms with Crippen molar-refractivity contribution in [1.29, 1.82) is 0 Å². The molecule has 0 fully saturated rings. The molecule has 2 atom stereocenters. The first-order chi connectivity index (χ1) is 16.7. The molecule has 1 heterocycles. The molecule has 4 rings (SSSR count). The minimum atomic E-state index is -5.90. The SMILES string of the molecule is O=C(Oc1ccccc1)N1[C@@H](c2ccccc2)CC(OS(=O)(=O)C(F)(F)F)=C[C@H]1c1ccccc1. The first-order valence-corrected chi connectivity index (χ1v) is 11.9. The summed E-state index contributed by atoms with van der Waals surface area (Å²) >= 11 is 0. The molecule has 3 aromatic rings. The van der Waals surface area contributed by atoms with Crippen molar-refractivity contribution in [1.82, 2.24) is 4.90 Å². The first-order valence-electron chi connectivity index (χ1n) is 10.5. The molecule has 182 valence electrons. The molecule has 1 aliphatic rings. The Bertz CT molecular complexity index is 1300. The second-order valence-corrected chi connectivity index (χ2v) is 9.23. The number of halogens is 3. The van der Waals surface area contributed by atoms with Crippen molar-refractivity contribution in [3.05, 3.63) is 114 Å². The highest BCUT2D eigenvalue weighted by Crippen LogP contribution is 2.43. The lowest BCUT2D eigenvalue weighted by molar-refractivity contribution is -0.0527. The predicted molar refractivity (Wildman–Crippen MR) is 121 cm³/mol. The van der Waals surface area contributed by atoms with E-state index in [1.165, 1.54) is 11.0 Å². The van der Waals surface area contributed by atoms with Crippen LogP contribution in [0.4, 0.5) is 18.0 Å². The second kappa shape index (κ2) is 9.83. The minimum Gasteiger partial charge on any atom is -0.410 e. The lowest BCUT2D eigenvalue weighted by atomic mass is 9.92. The Balaban J connectivity index is 1.81. The quantitative estimate of drug-likeness (QED) is 0.310. The van der Waals surface area contributed by atoms with Crippen LogP contribution in [0.5, 0.6) is 5.75 Å². The van der Waals surface area contributed by atoms with Crippen molar-refractivity contribution >= 4 is 16.2 Å². The number of alkyl halides is 3. The average molecular weight is 503 g/mol. The average Bonchev–Trinajstić information content (AvgIpc) is 2.84. The molecule has 6 nitrogen and oxygen atoms in total. The van der Waals surface area contributed by atoms with Crippen molar-refractivity contribution in [3.63, 3.8) is 0 Å². The van der Waals surface area contributed by atoms with Crippen molar-refractivity contribution in [2.75, 3.05) is 0 Å². The van der Waals surface area contributed by atoms with Crippen molar-refractivity contribution in [2.45, 2.75) is 24.0 Å². The summed E-state index contributed by atoms with van der Waals surface area (Å²) in [5.74, 6) is -0.143. The number of carbonyl (C=O) groups excluding carboxylic acids is 1. The third-order valence-electron chi connectivity index (χ3n) is 5.36. The third kappa shape index (κ3) is 5.48. The Morgan fingerprint density at radius 1 is 0.829 bits per heavy atom. The highest BCUT2D eigenvalue weighted by atomic mass is 32.2. The van der Waals surface area contributed by atoms with Gasteiger partial charge in [-0.3, -0.25) is 4.90 Å². The minimum absolute atomic E-state index is 0.279. The summed E-state index contributed by atoms with van der Waals surface area (Å²) in [5, 5.41) is 0. The Hall–Kier alpha value is -3.79. The van der Waals surface area contributed by atoms with Crippen LogP contribution in [0.2, 0.25) is 0 Å². The fourth-order valence-corrected chi connectivity index (χ4v) is 4.30. The van der Waals surface area contributed by atoms with E-state index in [0.717, 1.165) is 0 Å². The first kappa shape index (κ1) is 24.3. The van der Waals surface area contributed by atoms with Crippen molar-refractivity contribution in [2.24, 2.45) is 0 Å². The summed E-state index contributed by atoms with van der Waals surface area (Å²) < 4.78 is 72.8. The largest absolute Gasteiger partial charge is 0.534 e. The molecule has 0 N–H and O–H groups in total. The number of carbonyl (C=O) groups is 1. The summed E-state index contributed by atoms with van der Waals surface area (Å²) in [7, 11) is -5.90. The van der Waals surface area contributed by atoms with E-state index in [-0.39, 0.29) is 12.2 Å². The molecule has 0 aliphatic carbocycles. The van der Waals surface area contributed by atoms with Gasteiger partial charge < -0.3 is 8.92 Å². The highest BCUT2D eigenvalue weighted by molar-refractivity contribution is 7.87. The van der Waals surface area contributed by atoms with Crippen LogP contribution in [0.25, 0.3) is 0 Å². The number of rotatable bonds is 5. The van der Waals surface area contributed by atoms with Gasteiger partial charge in [0, 0.05) is 6.42 Å². The molecular formula is C25H20F3NO5S. The van der Waals surface area contributed by atoms with Gasteiger partial charge in [0.05, 0.1) is 12.1 Å². The van der Waals surface area contributed by atoms with Crippen LogP contribution in [0, 0.1) is 0 Å². The van der Waals surface area contributed by atoms with Gasteiger partial charge in [-0.1, -0.05) is 78.9 Å². The predicted octanol–water partition coefficient (Wildman–Crippen LogP) is 6.12. The van der Waals surface area contributed by atoms with E-state index in [4.69, 9.17) is 4.74 Å². The molecule has 1 aliphatic heterocycles. The summed E-state index contributed by atoms with van der Waals surface area (Å²) in [6.45, 7) is 0. The van der Waals surface area contributed by atoms with E-state index in [1.54, 1.807) is 91.0 Å². The van der Waals surface area contributed by atoms with Crippen LogP contribution in [0.1, 0.15) is 29.6 Å². The smallest absolute Gasteiger partial charge is 0.410 e. The van der Waals surface area contributed by atoms with E-state index in [0.29, 0.717) is 11.1 Å². The Kier molecular flexibility index (Phi) is 6.83. The van der Waals surface area contributed by atoms with Crippen molar-refractivity contribution < 1.29 is 35.3 Å². The Morgan fingerprint density at radius 3 is 1.89 bits per heavy atom. The van der Waals surface area contributed by atoms with Gasteiger partial charge in [0.25, 0.3) is 0 Å². The van der Waals surface area contributed by atoms with Crippen molar-refractivity contribution in [3.8, 4) is 5.75 Å². The van der Waals surface area contributed by atoms with Crippen LogP contribution in [-0.2, 0) is 14.3 Å². The fourth-order valence-electron chi connectivity index (χ4n) is 3.80. The molecule has 0 radical (unpaired) electrons. The molecule has 3 aromatic carbocycles. The van der Waals surface area contributed by atoms with Gasteiger partial charge in [0.2, 0.25) is 0 Å². The molecule has 0 saturated heterocycles. The van der Waals surface area contributed by atoms with E-state index in [2.05, 4.69) is 4.18 Å². The molecule has 0 spiro atoms. The number of hydrogen-bond acceptors (Lipinski definition) is 5. The normalized spacial score (nSPS) is 18.5. The second-order valence-electron chi connectivity index (χ2n) is 7.69. The fraction of sp³-hybridized carbons (Fsp3) is 0.160. The van der Waals surface area contributed by atoms with Crippen LogP contribution >= 0.6 is 0 Å². The zero-order valence-electron chi connectivity index (χ0n) is 18.1. The lowest BCUT2D eigenvalue weighted by Gasteiger charge is -2.40. The summed E-state index contributed by atoms with van der Waals surface area (Å²) in [6.07, 6.45) is 0.129. The zero-order chi connectivity index (χ0) is 25.1. The Labute approximate surface area is 200 Å². The lowest BCUT2D eigenvalue weighted by Crippen LogP contribution is -2.42. The van der Waals surface area contributed by atoms with Gasteiger partial charge in [-0.05, 0) is 29.3 Å². The molecule has 10 heteroatoms. The number of hydrogen-bond donors (Lipinski definition) is 0. The van der Waals surface area contributed by atoms with E-state index in [9.17, 15) is 26.4 Å². The van der Waals surface area contributed by atoms with Gasteiger partial charge in [-0.25, -0.2) is 4.79 Å². The van der Waals surface area contributed by atoms with Gasteiger partial charge in [0.15, 0.2) is 0 Å². The number of nitrogens with zero attached hydrogens (tertiary/aromatic N) is 1. The molecule has 35 heavy (non-hydrogen) atoms. The maximum atomic E-state index is 13.4. The van der Waals surface area contributed by atoms with Crippen LogP contribution in [-0.4, -0.2) is 24.9 Å². The number of ether oxygens (including phenoxy) is 1. The molecule has 0 saturated carbocycles. The maximum absolute atomic E-state index is 13.4. The van der Waals surface area contributed by atoms with Gasteiger partial charge in [-0.15, -0.1) is 0 Å². The Morgan fingerprint density at radius 2 is 1.34 bits per heavy atom. The zero-order valence-corrected chi connectivity index (χ0v) is 18.9. The monoisotopic (exact) mass is 503 g/mol.